The van der Waals surface area contributed by atoms with Gasteiger partial charge < -0.3 is 15.2 Å². The molecular formula is C17H15N3O4. The Morgan fingerprint density at radius 1 is 1.25 bits per heavy atom. The molecule has 0 aromatic heterocycles. The maximum Gasteiger partial charge on any atom is 0.335 e. The van der Waals surface area contributed by atoms with E-state index in [0.29, 0.717) is 22.8 Å². The largest absolute Gasteiger partial charge is 0.482 e. The summed E-state index contributed by atoms with van der Waals surface area (Å²) in [7, 11) is 0. The summed E-state index contributed by atoms with van der Waals surface area (Å²) in [4.78, 5) is 22.3. The van der Waals surface area contributed by atoms with Crippen LogP contribution in [-0.2, 0) is 4.79 Å². The predicted molar refractivity (Wildman–Crippen MR) is 89.8 cm³/mol. The maximum absolute atomic E-state index is 11.4. The molecule has 0 bridgehead atoms. The highest BCUT2D eigenvalue weighted by molar-refractivity contribution is 6.02. The van der Waals surface area contributed by atoms with Gasteiger partial charge >= 0.3 is 5.97 Å². The number of rotatable bonds is 4. The molecule has 122 valence electrons. The molecule has 1 aliphatic rings. The summed E-state index contributed by atoms with van der Waals surface area (Å²) >= 11 is 0. The Hall–Kier alpha value is -3.35. The standard InChI is InChI=1S/C17H15N3O4/c1-10(19-20-13-4-2-3-12(7-13)17(22)23)11-5-6-15-14(8-11)18-16(21)9-24-15/h2-8,20H,9H2,1H3,(H,18,21)(H,22,23). The Kier molecular flexibility index (Phi) is 4.15. The Morgan fingerprint density at radius 3 is 2.88 bits per heavy atom. The van der Waals surface area contributed by atoms with E-state index in [1.807, 2.05) is 6.07 Å². The van der Waals surface area contributed by atoms with Gasteiger partial charge in [0, 0.05) is 0 Å². The van der Waals surface area contributed by atoms with Crippen molar-refractivity contribution in [3.05, 3.63) is 53.6 Å². The van der Waals surface area contributed by atoms with Crippen molar-refractivity contribution in [3.8, 4) is 5.75 Å². The van der Waals surface area contributed by atoms with Gasteiger partial charge in [0.05, 0.1) is 22.6 Å². The van der Waals surface area contributed by atoms with Crippen LogP contribution in [0.4, 0.5) is 11.4 Å². The zero-order chi connectivity index (χ0) is 17.1. The molecule has 7 heteroatoms. The molecule has 3 rings (SSSR count). The zero-order valence-corrected chi connectivity index (χ0v) is 12.9. The van der Waals surface area contributed by atoms with E-state index in [0.717, 1.165) is 5.56 Å². The average Bonchev–Trinajstić information content (AvgIpc) is 2.59. The van der Waals surface area contributed by atoms with Crippen LogP contribution in [0.3, 0.4) is 0 Å². The van der Waals surface area contributed by atoms with E-state index in [-0.39, 0.29) is 18.1 Å². The van der Waals surface area contributed by atoms with Gasteiger partial charge in [-0.3, -0.25) is 10.2 Å². The third kappa shape index (κ3) is 3.35. The minimum atomic E-state index is -0.996. The van der Waals surface area contributed by atoms with Gasteiger partial charge in [-0.05, 0) is 48.9 Å². The molecule has 0 spiro atoms. The number of carbonyl (C=O) groups is 2. The minimum Gasteiger partial charge on any atom is -0.482 e. The molecule has 1 heterocycles. The Labute approximate surface area is 138 Å². The molecule has 0 aliphatic carbocycles. The monoisotopic (exact) mass is 325 g/mol. The molecular weight excluding hydrogens is 310 g/mol. The van der Waals surface area contributed by atoms with E-state index >= 15 is 0 Å². The number of hydrogen-bond donors (Lipinski definition) is 3. The lowest BCUT2D eigenvalue weighted by Gasteiger charge is -2.18. The van der Waals surface area contributed by atoms with Crippen molar-refractivity contribution in [2.75, 3.05) is 17.3 Å². The average molecular weight is 325 g/mol. The van der Waals surface area contributed by atoms with E-state index in [4.69, 9.17) is 9.84 Å². The number of hydrogen-bond acceptors (Lipinski definition) is 5. The van der Waals surface area contributed by atoms with Crippen LogP contribution in [0.1, 0.15) is 22.8 Å². The number of ether oxygens (including phenoxy) is 1. The number of nitrogens with one attached hydrogen (secondary N) is 2. The first-order valence-corrected chi connectivity index (χ1v) is 7.23. The first-order chi connectivity index (χ1) is 11.5. The lowest BCUT2D eigenvalue weighted by Crippen LogP contribution is -2.25. The maximum atomic E-state index is 11.4. The summed E-state index contributed by atoms with van der Waals surface area (Å²) in [6.07, 6.45) is 0. The number of aromatic carboxylic acids is 1. The molecule has 7 nitrogen and oxygen atoms in total. The van der Waals surface area contributed by atoms with Gasteiger partial charge in [0.15, 0.2) is 6.61 Å². The van der Waals surface area contributed by atoms with E-state index in [1.165, 1.54) is 12.1 Å². The molecule has 2 aromatic rings. The quantitative estimate of drug-likeness (QED) is 0.592. The fourth-order valence-corrected chi connectivity index (χ4v) is 2.24. The van der Waals surface area contributed by atoms with Gasteiger partial charge in [-0.15, -0.1) is 0 Å². The third-order valence-electron chi connectivity index (χ3n) is 3.49. The van der Waals surface area contributed by atoms with E-state index in [9.17, 15) is 9.59 Å². The van der Waals surface area contributed by atoms with Crippen molar-refractivity contribution < 1.29 is 19.4 Å². The van der Waals surface area contributed by atoms with Gasteiger partial charge in [0.25, 0.3) is 5.91 Å². The zero-order valence-electron chi connectivity index (χ0n) is 12.9. The minimum absolute atomic E-state index is 0.0148. The molecule has 24 heavy (non-hydrogen) atoms. The Balaban J connectivity index is 1.79. The van der Waals surface area contributed by atoms with E-state index < -0.39 is 5.97 Å². The predicted octanol–water partition coefficient (Wildman–Crippen LogP) is 2.55. The molecule has 0 saturated carbocycles. The number of amides is 1. The Bertz CT molecular complexity index is 845. The van der Waals surface area contributed by atoms with Crippen molar-refractivity contribution in [3.63, 3.8) is 0 Å². The third-order valence-corrected chi connectivity index (χ3v) is 3.49. The van der Waals surface area contributed by atoms with E-state index in [1.54, 1.807) is 31.2 Å². The number of hydrazone groups is 1. The second-order valence-electron chi connectivity index (χ2n) is 5.24. The summed E-state index contributed by atoms with van der Waals surface area (Å²) < 4.78 is 5.31. The van der Waals surface area contributed by atoms with Gasteiger partial charge in [-0.2, -0.15) is 5.10 Å². The second-order valence-corrected chi connectivity index (χ2v) is 5.24. The number of benzene rings is 2. The number of nitrogens with zero attached hydrogens (tertiary/aromatic N) is 1. The number of carbonyl (C=O) groups excluding carboxylic acids is 1. The summed E-state index contributed by atoms with van der Waals surface area (Å²) in [5.41, 5.74) is 5.68. The summed E-state index contributed by atoms with van der Waals surface area (Å²) in [5, 5.41) is 16.0. The molecule has 0 fully saturated rings. The lowest BCUT2D eigenvalue weighted by atomic mass is 10.1. The van der Waals surface area contributed by atoms with Gasteiger partial charge in [-0.25, -0.2) is 4.79 Å². The van der Waals surface area contributed by atoms with Crippen molar-refractivity contribution >= 4 is 29.0 Å². The molecule has 2 aromatic carbocycles. The van der Waals surface area contributed by atoms with Crippen LogP contribution >= 0.6 is 0 Å². The smallest absolute Gasteiger partial charge is 0.335 e. The molecule has 3 N–H and O–H groups in total. The lowest BCUT2D eigenvalue weighted by molar-refractivity contribution is -0.118. The normalized spacial score (nSPS) is 13.5. The Morgan fingerprint density at radius 2 is 2.08 bits per heavy atom. The molecule has 0 radical (unpaired) electrons. The topological polar surface area (TPSA) is 100 Å². The highest BCUT2D eigenvalue weighted by Gasteiger charge is 2.16. The molecule has 0 atom stereocenters. The number of carboxylic acids is 1. The second kappa shape index (κ2) is 6.41. The van der Waals surface area contributed by atoms with Gasteiger partial charge in [0.1, 0.15) is 5.75 Å². The van der Waals surface area contributed by atoms with Crippen LogP contribution < -0.4 is 15.5 Å². The van der Waals surface area contributed by atoms with Crippen molar-refractivity contribution in [1.82, 2.24) is 0 Å². The van der Waals surface area contributed by atoms with Crippen molar-refractivity contribution in [1.29, 1.82) is 0 Å². The van der Waals surface area contributed by atoms with Crippen LogP contribution in [0.2, 0.25) is 0 Å². The number of anilines is 2. The molecule has 1 aliphatic heterocycles. The molecule has 0 unspecified atom stereocenters. The fraction of sp³-hybridized carbons (Fsp3) is 0.118. The summed E-state index contributed by atoms with van der Waals surface area (Å²) in [6, 6.07) is 11.8. The highest BCUT2D eigenvalue weighted by Crippen LogP contribution is 2.28. The summed E-state index contributed by atoms with van der Waals surface area (Å²) in [5.74, 6) is -0.573. The fourth-order valence-electron chi connectivity index (χ4n) is 2.24. The first-order valence-electron chi connectivity index (χ1n) is 7.23. The number of fused-ring (bicyclic) bond motifs is 1. The van der Waals surface area contributed by atoms with Crippen molar-refractivity contribution in [2.24, 2.45) is 5.10 Å². The SMILES string of the molecule is CC(=NNc1cccc(C(=O)O)c1)c1ccc2c(c1)NC(=O)CO2. The molecule has 1 amide bonds. The van der Waals surface area contributed by atoms with Crippen LogP contribution in [0, 0.1) is 0 Å². The summed E-state index contributed by atoms with van der Waals surface area (Å²) in [6.45, 7) is 1.82. The van der Waals surface area contributed by atoms with Crippen LogP contribution in [0.15, 0.2) is 47.6 Å². The highest BCUT2D eigenvalue weighted by atomic mass is 16.5. The van der Waals surface area contributed by atoms with Gasteiger partial charge in [-0.1, -0.05) is 6.07 Å². The van der Waals surface area contributed by atoms with Crippen LogP contribution in [0.25, 0.3) is 0 Å². The van der Waals surface area contributed by atoms with E-state index in [2.05, 4.69) is 15.8 Å². The van der Waals surface area contributed by atoms with Crippen molar-refractivity contribution in [2.45, 2.75) is 6.92 Å². The first kappa shape index (κ1) is 15.5. The van der Waals surface area contributed by atoms with Crippen LogP contribution in [0.5, 0.6) is 5.75 Å². The van der Waals surface area contributed by atoms with Crippen LogP contribution in [-0.4, -0.2) is 29.3 Å². The molecule has 0 saturated heterocycles. The number of carboxylic acid groups (broad SMARTS) is 1. The van der Waals surface area contributed by atoms with Gasteiger partial charge in [0.2, 0.25) is 0 Å².